The van der Waals surface area contributed by atoms with Crippen LogP contribution < -0.4 is 9.62 Å². The number of nitrogens with one attached hydrogen (secondary N) is 1. The number of halogens is 1. The smallest absolute Gasteiger partial charge is 0.232 e. The minimum atomic E-state index is -3.65. The quantitative estimate of drug-likeness (QED) is 0.866. The molecule has 0 aliphatic carbocycles. The fourth-order valence-electron chi connectivity index (χ4n) is 1.95. The molecule has 1 aromatic heterocycles. The second kappa shape index (κ2) is 6.78. The summed E-state index contributed by atoms with van der Waals surface area (Å²) in [5.41, 5.74) is 0.164. The molecule has 0 unspecified atom stereocenters. The molecule has 0 spiro atoms. The molecule has 1 amide bonds. The number of aromatic nitrogens is 1. The highest BCUT2D eigenvalue weighted by molar-refractivity contribution is 7.92. The van der Waals surface area contributed by atoms with Crippen LogP contribution in [0.1, 0.15) is 12.2 Å². The van der Waals surface area contributed by atoms with Crippen molar-refractivity contribution in [3.05, 3.63) is 41.9 Å². The fourth-order valence-corrected chi connectivity index (χ4v) is 2.87. The van der Waals surface area contributed by atoms with E-state index >= 15 is 0 Å². The van der Waals surface area contributed by atoms with Crippen LogP contribution in [0.3, 0.4) is 0 Å². The number of carbonyl (C=O) groups excluding carboxylic acids is 1. The highest BCUT2D eigenvalue weighted by Crippen LogP contribution is 2.19. The Morgan fingerprint density at radius 1 is 1.39 bits per heavy atom. The van der Waals surface area contributed by atoms with Gasteiger partial charge in [-0.15, -0.1) is 0 Å². The zero-order valence-electron chi connectivity index (χ0n) is 12.6. The maximum Gasteiger partial charge on any atom is 0.232 e. The zero-order valence-corrected chi connectivity index (χ0v) is 13.4. The Labute approximate surface area is 133 Å². The van der Waals surface area contributed by atoms with Crippen LogP contribution in [0.25, 0.3) is 0 Å². The van der Waals surface area contributed by atoms with E-state index in [2.05, 4.69) is 10.5 Å². The molecule has 0 saturated carbocycles. The lowest BCUT2D eigenvalue weighted by Crippen LogP contribution is -2.33. The number of aryl methyl sites for hydroxylation is 1. The Kier molecular flexibility index (Phi) is 4.99. The molecule has 0 aliphatic rings. The molecule has 1 heterocycles. The summed E-state index contributed by atoms with van der Waals surface area (Å²) < 4.78 is 42.8. The fraction of sp³-hybridized carbons (Fsp3) is 0.286. The van der Waals surface area contributed by atoms with Crippen LogP contribution in [0.5, 0.6) is 0 Å². The maximum atomic E-state index is 13.3. The first-order chi connectivity index (χ1) is 10.8. The summed E-state index contributed by atoms with van der Waals surface area (Å²) in [6.45, 7) is 1.56. The van der Waals surface area contributed by atoms with Crippen molar-refractivity contribution in [3.63, 3.8) is 0 Å². The van der Waals surface area contributed by atoms with E-state index in [1.165, 1.54) is 18.2 Å². The van der Waals surface area contributed by atoms with Gasteiger partial charge in [-0.05, 0) is 25.1 Å². The molecule has 7 nitrogen and oxygen atoms in total. The molecule has 0 aliphatic heterocycles. The van der Waals surface area contributed by atoms with Crippen molar-refractivity contribution in [2.75, 3.05) is 22.4 Å². The number of hydrogen-bond donors (Lipinski definition) is 1. The second-order valence-corrected chi connectivity index (χ2v) is 6.84. The van der Waals surface area contributed by atoms with Crippen LogP contribution in [0.2, 0.25) is 0 Å². The summed E-state index contributed by atoms with van der Waals surface area (Å²) in [4.78, 5) is 11.9. The summed E-state index contributed by atoms with van der Waals surface area (Å²) >= 11 is 0. The Bertz CT molecular complexity index is 804. The molecule has 9 heteroatoms. The van der Waals surface area contributed by atoms with Gasteiger partial charge in [-0.2, -0.15) is 0 Å². The van der Waals surface area contributed by atoms with Crippen molar-refractivity contribution in [3.8, 4) is 0 Å². The number of rotatable bonds is 6. The Balaban J connectivity index is 2.06. The number of hydrogen-bond acceptors (Lipinski definition) is 5. The first-order valence-corrected chi connectivity index (χ1v) is 8.57. The highest BCUT2D eigenvalue weighted by atomic mass is 32.2. The molecular formula is C14H16FN3O4S. The van der Waals surface area contributed by atoms with Gasteiger partial charge in [-0.25, -0.2) is 12.8 Å². The van der Waals surface area contributed by atoms with Crippen LogP contribution in [0.4, 0.5) is 15.9 Å². The predicted octanol–water partition coefficient (Wildman–Crippen LogP) is 1.92. The third-order valence-electron chi connectivity index (χ3n) is 2.93. The van der Waals surface area contributed by atoms with Crippen molar-refractivity contribution in [1.82, 2.24) is 5.16 Å². The first-order valence-electron chi connectivity index (χ1n) is 6.72. The van der Waals surface area contributed by atoms with Crippen LogP contribution in [0.15, 0.2) is 34.9 Å². The molecule has 2 rings (SSSR count). The molecule has 0 bridgehead atoms. The summed E-state index contributed by atoms with van der Waals surface area (Å²) in [6, 6.07) is 6.71. The van der Waals surface area contributed by atoms with Gasteiger partial charge in [-0.1, -0.05) is 11.2 Å². The minimum absolute atomic E-state index is 0.116. The van der Waals surface area contributed by atoms with E-state index in [0.717, 1.165) is 16.6 Å². The highest BCUT2D eigenvalue weighted by Gasteiger charge is 2.19. The SMILES string of the molecule is Cc1cc(NC(=O)CCN(c2cccc(F)c2)S(C)(=O)=O)no1. The van der Waals surface area contributed by atoms with Crippen molar-refractivity contribution >= 4 is 27.4 Å². The summed E-state index contributed by atoms with van der Waals surface area (Å²) in [5.74, 6) is -0.191. The van der Waals surface area contributed by atoms with Crippen molar-refractivity contribution in [1.29, 1.82) is 0 Å². The number of amides is 1. The molecule has 0 fully saturated rings. The van der Waals surface area contributed by atoms with Crippen molar-refractivity contribution in [2.45, 2.75) is 13.3 Å². The lowest BCUT2D eigenvalue weighted by molar-refractivity contribution is -0.116. The lowest BCUT2D eigenvalue weighted by Gasteiger charge is -2.22. The Morgan fingerprint density at radius 3 is 2.70 bits per heavy atom. The van der Waals surface area contributed by atoms with Gasteiger partial charge in [0.05, 0.1) is 11.9 Å². The van der Waals surface area contributed by atoms with Crippen LogP contribution >= 0.6 is 0 Å². The standard InChI is InChI=1S/C14H16FN3O4S/c1-10-8-13(17-22-10)16-14(19)6-7-18(23(2,20)21)12-5-3-4-11(15)9-12/h3-5,8-9H,6-7H2,1-2H3,(H,16,17,19). The van der Waals surface area contributed by atoms with Gasteiger partial charge >= 0.3 is 0 Å². The van der Waals surface area contributed by atoms with E-state index in [1.54, 1.807) is 13.0 Å². The lowest BCUT2D eigenvalue weighted by atomic mass is 10.3. The number of benzene rings is 1. The average molecular weight is 341 g/mol. The third kappa shape index (κ3) is 4.78. The van der Waals surface area contributed by atoms with Gasteiger partial charge in [-0.3, -0.25) is 9.10 Å². The molecule has 124 valence electrons. The summed E-state index contributed by atoms with van der Waals surface area (Å²) in [5, 5.41) is 6.11. The molecule has 0 saturated heterocycles. The molecule has 2 aromatic rings. The molecule has 23 heavy (non-hydrogen) atoms. The normalized spacial score (nSPS) is 11.3. The summed E-state index contributed by atoms with van der Waals surface area (Å²) in [6.07, 6.45) is 0.881. The Hall–Kier alpha value is -2.42. The molecular weight excluding hydrogens is 325 g/mol. The first kappa shape index (κ1) is 16.9. The van der Waals surface area contributed by atoms with Crippen molar-refractivity contribution in [2.24, 2.45) is 0 Å². The van der Waals surface area contributed by atoms with Gasteiger partial charge in [0.1, 0.15) is 11.6 Å². The maximum absolute atomic E-state index is 13.3. The third-order valence-corrected chi connectivity index (χ3v) is 4.13. The topological polar surface area (TPSA) is 92.5 Å². The Morgan fingerprint density at radius 2 is 2.13 bits per heavy atom. The minimum Gasteiger partial charge on any atom is -0.360 e. The predicted molar refractivity (Wildman–Crippen MR) is 83.1 cm³/mol. The van der Waals surface area contributed by atoms with E-state index in [-0.39, 0.29) is 24.5 Å². The summed E-state index contributed by atoms with van der Waals surface area (Å²) in [7, 11) is -3.65. The average Bonchev–Trinajstić information content (AvgIpc) is 2.82. The largest absolute Gasteiger partial charge is 0.360 e. The molecule has 1 N–H and O–H groups in total. The van der Waals surface area contributed by atoms with Crippen molar-refractivity contribution < 1.29 is 22.1 Å². The van der Waals surface area contributed by atoms with Gasteiger partial charge in [0.25, 0.3) is 0 Å². The van der Waals surface area contributed by atoms with E-state index in [9.17, 15) is 17.6 Å². The van der Waals surface area contributed by atoms with Gasteiger partial charge in [0.2, 0.25) is 15.9 Å². The van der Waals surface area contributed by atoms with Gasteiger partial charge in [0.15, 0.2) is 5.82 Å². The molecule has 1 aromatic carbocycles. The zero-order chi connectivity index (χ0) is 17.0. The number of sulfonamides is 1. The van der Waals surface area contributed by atoms with Gasteiger partial charge < -0.3 is 9.84 Å². The van der Waals surface area contributed by atoms with E-state index < -0.39 is 21.7 Å². The van der Waals surface area contributed by atoms with Crippen LogP contribution in [-0.4, -0.2) is 32.3 Å². The molecule has 0 radical (unpaired) electrons. The molecule has 0 atom stereocenters. The number of nitrogens with zero attached hydrogens (tertiary/aromatic N) is 2. The second-order valence-electron chi connectivity index (χ2n) is 4.94. The van der Waals surface area contributed by atoms with Crippen LogP contribution in [-0.2, 0) is 14.8 Å². The van der Waals surface area contributed by atoms with E-state index in [1.807, 2.05) is 0 Å². The van der Waals surface area contributed by atoms with Crippen LogP contribution in [0, 0.1) is 12.7 Å². The van der Waals surface area contributed by atoms with Gasteiger partial charge in [0, 0.05) is 19.0 Å². The number of carbonyl (C=O) groups is 1. The van der Waals surface area contributed by atoms with E-state index in [4.69, 9.17) is 4.52 Å². The number of anilines is 2. The monoisotopic (exact) mass is 341 g/mol. The van der Waals surface area contributed by atoms with E-state index in [0.29, 0.717) is 5.76 Å².